The molecular weight excluding hydrogens is 444 g/mol. The second-order valence-corrected chi connectivity index (χ2v) is 10.1. The molecule has 0 aromatic carbocycles. The fourth-order valence-corrected chi connectivity index (χ4v) is 5.72. The van der Waals surface area contributed by atoms with Crippen molar-refractivity contribution in [3.63, 3.8) is 0 Å². The number of hydrogen-bond donors (Lipinski definition) is 2. The SMILES string of the molecule is Cc1cc(C2CC2(NS(=O)(=O)c2ccc(-c3cc(C(C)(F)F)on3)s2)C(=O)O)no1. The molecule has 2 unspecified atom stereocenters. The summed E-state index contributed by atoms with van der Waals surface area (Å²) in [6.07, 6.45) is 0.0179. The highest BCUT2D eigenvalue weighted by atomic mass is 32.2. The molecule has 1 saturated carbocycles. The lowest BCUT2D eigenvalue weighted by atomic mass is 10.2. The average Bonchev–Trinajstić information content (AvgIpc) is 3.12. The Morgan fingerprint density at radius 2 is 2.07 bits per heavy atom. The summed E-state index contributed by atoms with van der Waals surface area (Å²) in [4.78, 5) is 12.1. The Balaban J connectivity index is 1.58. The lowest BCUT2D eigenvalue weighted by Gasteiger charge is -2.13. The molecule has 0 amide bonds. The van der Waals surface area contributed by atoms with Gasteiger partial charge in [-0.15, -0.1) is 11.3 Å². The molecule has 1 aliphatic rings. The number of carboxylic acid groups (broad SMARTS) is 1. The van der Waals surface area contributed by atoms with Gasteiger partial charge in [0.25, 0.3) is 10.0 Å². The van der Waals surface area contributed by atoms with Crippen LogP contribution in [0.4, 0.5) is 8.78 Å². The van der Waals surface area contributed by atoms with Crippen LogP contribution in [0, 0.1) is 6.92 Å². The van der Waals surface area contributed by atoms with Crippen LogP contribution in [0.1, 0.15) is 36.5 Å². The predicted molar refractivity (Wildman–Crippen MR) is 98.7 cm³/mol. The molecule has 30 heavy (non-hydrogen) atoms. The molecule has 0 saturated heterocycles. The normalized spacial score (nSPS) is 21.7. The molecule has 0 bridgehead atoms. The summed E-state index contributed by atoms with van der Waals surface area (Å²) in [5, 5.41) is 17.0. The molecule has 160 valence electrons. The molecule has 3 heterocycles. The van der Waals surface area contributed by atoms with Crippen LogP contribution in [-0.2, 0) is 20.7 Å². The van der Waals surface area contributed by atoms with Crippen molar-refractivity contribution >= 4 is 27.3 Å². The van der Waals surface area contributed by atoms with Gasteiger partial charge in [0, 0.05) is 25.0 Å². The molecule has 0 radical (unpaired) electrons. The molecule has 3 aromatic rings. The van der Waals surface area contributed by atoms with E-state index in [9.17, 15) is 27.1 Å². The van der Waals surface area contributed by atoms with Crippen molar-refractivity contribution in [2.75, 3.05) is 0 Å². The van der Waals surface area contributed by atoms with Crippen molar-refractivity contribution in [3.05, 3.63) is 41.5 Å². The van der Waals surface area contributed by atoms with E-state index in [1.54, 1.807) is 13.0 Å². The number of nitrogens with one attached hydrogen (secondary N) is 1. The lowest BCUT2D eigenvalue weighted by Crippen LogP contribution is -2.44. The van der Waals surface area contributed by atoms with E-state index in [0.717, 1.165) is 17.4 Å². The molecule has 9 nitrogen and oxygen atoms in total. The zero-order valence-corrected chi connectivity index (χ0v) is 17.2. The number of sulfonamides is 1. The topological polar surface area (TPSA) is 136 Å². The van der Waals surface area contributed by atoms with E-state index < -0.39 is 39.1 Å². The highest BCUT2D eigenvalue weighted by Crippen LogP contribution is 2.52. The van der Waals surface area contributed by atoms with E-state index >= 15 is 0 Å². The van der Waals surface area contributed by atoms with Crippen LogP contribution in [0.15, 0.2) is 37.5 Å². The second kappa shape index (κ2) is 6.68. The summed E-state index contributed by atoms with van der Waals surface area (Å²) in [5.74, 6) is -5.41. The molecule has 2 N–H and O–H groups in total. The number of rotatable bonds is 7. The van der Waals surface area contributed by atoms with Gasteiger partial charge in [-0.05, 0) is 25.5 Å². The van der Waals surface area contributed by atoms with Gasteiger partial charge in [0.2, 0.25) is 5.76 Å². The first-order chi connectivity index (χ1) is 13.9. The zero-order valence-electron chi connectivity index (χ0n) is 15.5. The summed E-state index contributed by atoms with van der Waals surface area (Å²) in [7, 11) is -4.22. The summed E-state index contributed by atoms with van der Waals surface area (Å²) in [5.41, 5.74) is -1.34. The number of alkyl halides is 2. The smallest absolute Gasteiger partial charge is 0.325 e. The number of aromatic nitrogens is 2. The molecule has 2 atom stereocenters. The maximum atomic E-state index is 13.3. The van der Waals surface area contributed by atoms with Crippen LogP contribution in [0.3, 0.4) is 0 Å². The Kier molecular flexibility index (Phi) is 4.60. The average molecular weight is 459 g/mol. The predicted octanol–water partition coefficient (Wildman–Crippen LogP) is 3.10. The van der Waals surface area contributed by atoms with Gasteiger partial charge in [0.1, 0.15) is 21.2 Å². The minimum absolute atomic E-state index is 0.0179. The number of carbonyl (C=O) groups is 1. The standard InChI is InChI=1S/C17H15F2N3O6S2/c1-8-5-10(20-27-8)9-7-17(9,15(23)24)22-30(25,26)14-4-3-12(29-14)11-6-13(28-21-11)16(2,18)19/h3-6,9,22H,7H2,1-2H3,(H,23,24). The largest absolute Gasteiger partial charge is 0.480 e. The number of aryl methyl sites for hydroxylation is 1. The molecule has 1 fully saturated rings. The van der Waals surface area contributed by atoms with E-state index in [4.69, 9.17) is 4.52 Å². The molecule has 0 spiro atoms. The van der Waals surface area contributed by atoms with Crippen LogP contribution in [0.25, 0.3) is 10.6 Å². The van der Waals surface area contributed by atoms with Gasteiger partial charge >= 0.3 is 11.9 Å². The van der Waals surface area contributed by atoms with Crippen LogP contribution < -0.4 is 4.72 Å². The van der Waals surface area contributed by atoms with Crippen molar-refractivity contribution in [2.45, 2.75) is 41.9 Å². The highest BCUT2D eigenvalue weighted by Gasteiger charge is 2.64. The second-order valence-electron chi connectivity index (χ2n) is 7.08. The first-order valence-corrected chi connectivity index (χ1v) is 10.9. The fraction of sp³-hybridized carbons (Fsp3) is 0.353. The van der Waals surface area contributed by atoms with Crippen molar-refractivity contribution in [3.8, 4) is 10.6 Å². The molecule has 1 aliphatic carbocycles. The number of halogens is 2. The number of hydrogen-bond acceptors (Lipinski definition) is 8. The number of thiophene rings is 1. The Morgan fingerprint density at radius 3 is 2.63 bits per heavy atom. The van der Waals surface area contributed by atoms with E-state index in [-0.39, 0.29) is 21.2 Å². The minimum Gasteiger partial charge on any atom is -0.480 e. The Hall–Kier alpha value is -2.64. The van der Waals surface area contributed by atoms with Crippen molar-refractivity contribution in [2.24, 2.45) is 0 Å². The molecule has 4 rings (SSSR count). The monoisotopic (exact) mass is 459 g/mol. The third kappa shape index (κ3) is 3.52. The number of nitrogens with zero attached hydrogens (tertiary/aromatic N) is 2. The Morgan fingerprint density at radius 1 is 1.33 bits per heavy atom. The first kappa shape index (κ1) is 20.6. The summed E-state index contributed by atoms with van der Waals surface area (Å²) in [6.45, 7) is 2.29. The minimum atomic E-state index is -4.22. The van der Waals surface area contributed by atoms with E-state index in [0.29, 0.717) is 18.4 Å². The Labute approximate surface area is 172 Å². The summed E-state index contributed by atoms with van der Waals surface area (Å²) in [6, 6.07) is 5.21. The van der Waals surface area contributed by atoms with Crippen LogP contribution >= 0.6 is 11.3 Å². The third-order valence-electron chi connectivity index (χ3n) is 4.70. The lowest BCUT2D eigenvalue weighted by molar-refractivity contribution is -0.140. The van der Waals surface area contributed by atoms with Gasteiger partial charge in [-0.2, -0.15) is 13.5 Å². The molecular formula is C17H15F2N3O6S2. The Bertz CT molecular complexity index is 1230. The van der Waals surface area contributed by atoms with E-state index in [2.05, 4.69) is 19.6 Å². The van der Waals surface area contributed by atoms with Crippen molar-refractivity contribution < 1.29 is 36.1 Å². The van der Waals surface area contributed by atoms with Crippen LogP contribution in [0.2, 0.25) is 0 Å². The highest BCUT2D eigenvalue weighted by molar-refractivity contribution is 7.91. The van der Waals surface area contributed by atoms with Gasteiger partial charge in [-0.1, -0.05) is 10.3 Å². The molecule has 3 aromatic heterocycles. The van der Waals surface area contributed by atoms with Crippen LogP contribution in [-0.4, -0.2) is 35.3 Å². The maximum Gasteiger partial charge on any atom is 0.325 e. The number of aliphatic carboxylic acids is 1. The van der Waals surface area contributed by atoms with E-state index in [1.807, 2.05) is 0 Å². The quantitative estimate of drug-likeness (QED) is 0.550. The first-order valence-electron chi connectivity index (χ1n) is 8.58. The third-order valence-corrected chi connectivity index (χ3v) is 7.81. The van der Waals surface area contributed by atoms with Gasteiger partial charge in [0.05, 0.1) is 10.6 Å². The number of carboxylic acids is 1. The fourth-order valence-electron chi connectivity index (χ4n) is 3.05. The van der Waals surface area contributed by atoms with Crippen molar-refractivity contribution in [1.82, 2.24) is 15.0 Å². The van der Waals surface area contributed by atoms with Gasteiger partial charge in [-0.3, -0.25) is 4.79 Å². The van der Waals surface area contributed by atoms with E-state index in [1.165, 1.54) is 12.1 Å². The van der Waals surface area contributed by atoms with Gasteiger partial charge in [0.15, 0.2) is 0 Å². The molecule has 13 heteroatoms. The van der Waals surface area contributed by atoms with Crippen LogP contribution in [0.5, 0.6) is 0 Å². The molecule has 0 aliphatic heterocycles. The van der Waals surface area contributed by atoms with Crippen molar-refractivity contribution in [1.29, 1.82) is 0 Å². The van der Waals surface area contributed by atoms with Gasteiger partial charge in [-0.25, -0.2) is 8.42 Å². The summed E-state index contributed by atoms with van der Waals surface area (Å²) >= 11 is 0.753. The van der Waals surface area contributed by atoms with Gasteiger partial charge < -0.3 is 14.2 Å². The summed E-state index contributed by atoms with van der Waals surface area (Å²) < 4.78 is 63.9. The zero-order chi connectivity index (χ0) is 21.9. The maximum absolute atomic E-state index is 13.3.